The third-order valence-electron chi connectivity index (χ3n) is 5.42. The van der Waals surface area contributed by atoms with Crippen LogP contribution in [0.2, 0.25) is 13.1 Å². The summed E-state index contributed by atoms with van der Waals surface area (Å²) >= 11 is -1.74. The Morgan fingerprint density at radius 2 is 0.955 bits per heavy atom. The largest absolute Gasteiger partial charge is 1.00 e. The topological polar surface area (TPSA) is 0 Å². The first kappa shape index (κ1) is 22.6. The zero-order valence-electron chi connectivity index (χ0n) is 15.2. The summed E-state index contributed by atoms with van der Waals surface area (Å²) in [5, 5.41) is 0. The fraction of sp³-hybridized carbons (Fsp3) is 0.556. The first-order valence-corrected chi connectivity index (χ1v) is 20.6. The average molecular weight is 523 g/mol. The van der Waals surface area contributed by atoms with Gasteiger partial charge in [0.1, 0.15) is 0 Å². The molecule has 0 fully saturated rings. The molecule has 0 atom stereocenters. The normalized spacial score (nSPS) is 18.4. The summed E-state index contributed by atoms with van der Waals surface area (Å²) in [5.74, 6) is -0.534. The van der Waals surface area contributed by atoms with Crippen LogP contribution in [0, 0.1) is 0 Å². The Kier molecular flexibility index (Phi) is 8.89. The standard InChI is InChI=1S/2C8H11.C2H7Si.2ClH.Hf/c2*1-6-4-5-7(2)8(6)3;1-3-2;;;/h2*4H2,1-3H3;3H,1-2H3;2*1H;/q;;;;;+2/p-2. The van der Waals surface area contributed by atoms with Crippen LogP contribution in [0.5, 0.6) is 0 Å². The minimum Gasteiger partial charge on any atom is -1.00 e. The molecule has 0 N–H and O–H groups in total. The smallest absolute Gasteiger partial charge is 1.00 e. The van der Waals surface area contributed by atoms with Crippen LogP contribution >= 0.6 is 0 Å². The van der Waals surface area contributed by atoms with Gasteiger partial charge in [0.05, 0.1) is 0 Å². The van der Waals surface area contributed by atoms with Crippen molar-refractivity contribution in [2.75, 3.05) is 0 Å². The number of rotatable bonds is 3. The molecule has 2 rings (SSSR count). The first-order valence-electron chi connectivity index (χ1n) is 7.86. The molecule has 0 aromatic heterocycles. The maximum atomic E-state index is 2.62. The van der Waals surface area contributed by atoms with Crippen LogP contribution in [0.15, 0.2) is 40.1 Å². The van der Waals surface area contributed by atoms with E-state index in [1.807, 2.05) is 6.66 Å². The van der Waals surface area contributed by atoms with Crippen molar-refractivity contribution in [1.82, 2.24) is 0 Å². The van der Waals surface area contributed by atoms with E-state index < -0.39 is 26.6 Å². The van der Waals surface area contributed by atoms with Gasteiger partial charge in [-0.05, 0) is 0 Å². The summed E-state index contributed by atoms with van der Waals surface area (Å²) < 4.78 is 3.92. The molecule has 0 bridgehead atoms. The Hall–Kier alpha value is 0.627. The van der Waals surface area contributed by atoms with Gasteiger partial charge in [-0.3, -0.25) is 0 Å². The second-order valence-corrected chi connectivity index (χ2v) is 33.7. The maximum Gasteiger partial charge on any atom is -1.00 e. The van der Waals surface area contributed by atoms with Crippen LogP contribution in [0.3, 0.4) is 0 Å². The summed E-state index contributed by atoms with van der Waals surface area (Å²) in [7, 11) is 0. The second kappa shape index (κ2) is 8.64. The van der Waals surface area contributed by atoms with Crippen LogP contribution in [0.1, 0.15) is 54.4 Å². The average Bonchev–Trinajstić information content (AvgIpc) is 2.76. The van der Waals surface area contributed by atoms with Crippen molar-refractivity contribution < 1.29 is 45.4 Å². The summed E-state index contributed by atoms with van der Waals surface area (Å²) in [4.78, 5) is 0. The van der Waals surface area contributed by atoms with Gasteiger partial charge < -0.3 is 24.8 Å². The Morgan fingerprint density at radius 1 is 0.636 bits per heavy atom. The van der Waals surface area contributed by atoms with Crippen molar-refractivity contribution in [3.8, 4) is 0 Å². The summed E-state index contributed by atoms with van der Waals surface area (Å²) in [5.41, 5.74) is 9.88. The molecule has 0 heterocycles. The monoisotopic (exact) mass is 523 g/mol. The minimum absolute atomic E-state index is 0. The molecule has 0 aromatic rings. The van der Waals surface area contributed by atoms with Gasteiger partial charge in [-0.2, -0.15) is 0 Å². The van der Waals surface area contributed by atoms with E-state index in [1.165, 1.54) is 12.8 Å². The summed E-state index contributed by atoms with van der Waals surface area (Å²) in [6.07, 6.45) is 2.64. The predicted octanol–water partition coefficient (Wildman–Crippen LogP) is -0.376. The SMILES string of the molecule is CC1=C(C)C(C)=[C]([Hf+2]([C]2=C(C)C(C)=C(C)C2)[SiH](C)C)C1.[Cl-].[Cl-]. The van der Waals surface area contributed by atoms with E-state index in [2.05, 4.69) is 54.6 Å². The first-order chi connectivity index (χ1) is 9.25. The van der Waals surface area contributed by atoms with Crippen LogP contribution in [0.25, 0.3) is 0 Å². The zero-order valence-corrected chi connectivity index (χ0v) is 21.5. The zero-order chi connectivity index (χ0) is 15.2. The van der Waals surface area contributed by atoms with Gasteiger partial charge in [0.15, 0.2) is 0 Å². The van der Waals surface area contributed by atoms with E-state index in [0.29, 0.717) is 0 Å². The molecular weight excluding hydrogens is 494 g/mol. The molecule has 0 aromatic carbocycles. The molecule has 2 aliphatic carbocycles. The van der Waals surface area contributed by atoms with Crippen molar-refractivity contribution in [3.05, 3.63) is 40.1 Å². The Balaban J connectivity index is 0.00000220. The Labute approximate surface area is 158 Å². The summed E-state index contributed by atoms with van der Waals surface area (Å²) in [6.45, 7) is 19.4. The third-order valence-corrected chi connectivity index (χ3v) is 33.4. The van der Waals surface area contributed by atoms with Crippen LogP contribution in [0.4, 0.5) is 0 Å². The molecular formula is C18H29Cl2HfSi. The van der Waals surface area contributed by atoms with E-state index in [0.717, 1.165) is 0 Å². The maximum absolute atomic E-state index is 2.62. The quantitative estimate of drug-likeness (QED) is 0.444. The van der Waals surface area contributed by atoms with Crippen LogP contribution < -0.4 is 24.8 Å². The van der Waals surface area contributed by atoms with Crippen molar-refractivity contribution >= 4 is 5.98 Å². The molecule has 22 heavy (non-hydrogen) atoms. The predicted molar refractivity (Wildman–Crippen MR) is 90.3 cm³/mol. The van der Waals surface area contributed by atoms with E-state index in [1.54, 1.807) is 33.4 Å². The van der Waals surface area contributed by atoms with Gasteiger partial charge in [0.25, 0.3) is 0 Å². The molecule has 0 unspecified atom stereocenters. The molecule has 0 nitrogen and oxygen atoms in total. The molecule has 2 aliphatic rings. The van der Waals surface area contributed by atoms with E-state index in [9.17, 15) is 0 Å². The number of hydrogen-bond donors (Lipinski definition) is 0. The number of allylic oxidation sites excluding steroid dienone is 8. The van der Waals surface area contributed by atoms with Crippen molar-refractivity contribution in [1.29, 1.82) is 0 Å². The Morgan fingerprint density at radius 3 is 1.14 bits per heavy atom. The van der Waals surface area contributed by atoms with Gasteiger partial charge in [-0.25, -0.2) is 0 Å². The molecule has 0 saturated heterocycles. The van der Waals surface area contributed by atoms with E-state index in [4.69, 9.17) is 0 Å². The molecule has 123 valence electrons. The van der Waals surface area contributed by atoms with Gasteiger partial charge in [0.2, 0.25) is 0 Å². The van der Waals surface area contributed by atoms with Gasteiger partial charge >= 0.3 is 134 Å². The van der Waals surface area contributed by atoms with Crippen LogP contribution in [-0.2, 0) is 20.6 Å². The number of hydrogen-bond acceptors (Lipinski definition) is 0. The fourth-order valence-electron chi connectivity index (χ4n) is 3.63. The van der Waals surface area contributed by atoms with E-state index in [-0.39, 0.29) is 24.8 Å². The molecule has 4 heteroatoms. The molecule has 0 aliphatic heterocycles. The van der Waals surface area contributed by atoms with Gasteiger partial charge in [-0.1, -0.05) is 0 Å². The van der Waals surface area contributed by atoms with Crippen LogP contribution in [-0.4, -0.2) is 5.98 Å². The van der Waals surface area contributed by atoms with Crippen molar-refractivity contribution in [2.45, 2.75) is 67.5 Å². The fourth-order valence-corrected chi connectivity index (χ4v) is 34.1. The van der Waals surface area contributed by atoms with Gasteiger partial charge in [0, 0.05) is 0 Å². The second-order valence-electron chi connectivity index (χ2n) is 6.94. The number of halogens is 2. The third kappa shape index (κ3) is 3.99. The molecule has 0 saturated carbocycles. The Bertz CT molecular complexity index is 532. The molecule has 0 amide bonds. The van der Waals surface area contributed by atoms with Crippen molar-refractivity contribution in [3.63, 3.8) is 0 Å². The minimum atomic E-state index is -1.74. The van der Waals surface area contributed by atoms with E-state index >= 15 is 0 Å². The van der Waals surface area contributed by atoms with Gasteiger partial charge in [-0.15, -0.1) is 0 Å². The molecule has 0 radical (unpaired) electrons. The molecule has 0 spiro atoms. The summed E-state index contributed by atoms with van der Waals surface area (Å²) in [6, 6.07) is 0. The van der Waals surface area contributed by atoms with Crippen molar-refractivity contribution in [2.24, 2.45) is 0 Å².